The molecule has 1 aliphatic rings. The number of unbranched alkanes of at least 4 members (excludes halogenated alkanes) is 1. The van der Waals surface area contributed by atoms with Crippen molar-refractivity contribution in [3.63, 3.8) is 0 Å². The third-order valence-electron chi connectivity index (χ3n) is 6.39. The van der Waals surface area contributed by atoms with Gasteiger partial charge in [0.05, 0.1) is 5.56 Å². The average molecular weight is 444 g/mol. The van der Waals surface area contributed by atoms with Crippen molar-refractivity contribution >= 4 is 23.5 Å². The molecule has 1 aliphatic carbocycles. The molecule has 0 bridgehead atoms. The number of carbonyl (C=O) groups is 2. The molecular weight excluding hydrogens is 414 g/mol. The van der Waals surface area contributed by atoms with Gasteiger partial charge in [-0.15, -0.1) is 0 Å². The van der Waals surface area contributed by atoms with E-state index >= 15 is 0 Å². The molecule has 1 aromatic carbocycles. The minimum Gasteiger partial charge on any atom is -0.481 e. The van der Waals surface area contributed by atoms with Crippen molar-refractivity contribution in [2.45, 2.75) is 56.4 Å². The van der Waals surface area contributed by atoms with Crippen LogP contribution in [0, 0.1) is 0 Å². The number of halogens is 1. The van der Waals surface area contributed by atoms with Crippen LogP contribution in [0.4, 0.5) is 0 Å². The van der Waals surface area contributed by atoms with Crippen LogP contribution < -0.4 is 5.73 Å². The summed E-state index contributed by atoms with van der Waals surface area (Å²) in [5.74, 6) is -0.853. The molecule has 1 heterocycles. The Morgan fingerprint density at radius 2 is 1.97 bits per heavy atom. The quantitative estimate of drug-likeness (QED) is 0.564. The predicted molar refractivity (Wildman–Crippen MR) is 121 cm³/mol. The number of benzene rings is 1. The highest BCUT2D eigenvalue weighted by molar-refractivity contribution is 6.30. The Balaban J connectivity index is 1.73. The molecule has 1 fully saturated rings. The minimum atomic E-state index is -0.808. The van der Waals surface area contributed by atoms with E-state index in [0.717, 1.165) is 31.2 Å². The van der Waals surface area contributed by atoms with E-state index in [-0.39, 0.29) is 23.8 Å². The van der Waals surface area contributed by atoms with E-state index in [2.05, 4.69) is 11.1 Å². The van der Waals surface area contributed by atoms with Gasteiger partial charge in [-0.25, -0.2) is 0 Å². The maximum absolute atomic E-state index is 13.2. The Morgan fingerprint density at radius 3 is 2.58 bits per heavy atom. The lowest BCUT2D eigenvalue weighted by Gasteiger charge is -2.43. The van der Waals surface area contributed by atoms with Gasteiger partial charge in [-0.1, -0.05) is 23.7 Å². The van der Waals surface area contributed by atoms with Crippen LogP contribution in [0.3, 0.4) is 0 Å². The highest BCUT2D eigenvalue weighted by atomic mass is 35.5. The third-order valence-corrected chi connectivity index (χ3v) is 6.62. The van der Waals surface area contributed by atoms with Crippen molar-refractivity contribution in [2.24, 2.45) is 5.73 Å². The number of nitrogens with zero attached hydrogens (tertiary/aromatic N) is 2. The average Bonchev–Trinajstić information content (AvgIpc) is 2.79. The number of hydrogen-bond donors (Lipinski definition) is 2. The first kappa shape index (κ1) is 23.2. The summed E-state index contributed by atoms with van der Waals surface area (Å²) in [5.41, 5.74) is 7.82. The summed E-state index contributed by atoms with van der Waals surface area (Å²) in [6.07, 6.45) is 7.99. The molecule has 3 N–H and O–H groups in total. The molecular formula is C24H30ClN3O3. The molecule has 0 unspecified atom stereocenters. The van der Waals surface area contributed by atoms with Crippen molar-refractivity contribution in [3.05, 3.63) is 64.9 Å². The molecule has 0 aliphatic heterocycles. The Kier molecular flexibility index (Phi) is 8.04. The maximum atomic E-state index is 13.2. The number of hydrogen-bond acceptors (Lipinski definition) is 4. The molecule has 0 saturated heterocycles. The van der Waals surface area contributed by atoms with Gasteiger partial charge in [-0.2, -0.15) is 0 Å². The molecule has 166 valence electrons. The summed E-state index contributed by atoms with van der Waals surface area (Å²) >= 11 is 6.22. The fourth-order valence-electron chi connectivity index (χ4n) is 4.56. The second-order valence-electron chi connectivity index (χ2n) is 8.32. The molecule has 7 heteroatoms. The SMILES string of the molecule is NCC1(c2cccc(Cl)c2)CCC(N(CCCCC(=O)O)C(=O)c2cccnc2)CC1. The van der Waals surface area contributed by atoms with E-state index in [4.69, 9.17) is 22.4 Å². The highest BCUT2D eigenvalue weighted by Gasteiger charge is 2.38. The maximum Gasteiger partial charge on any atom is 0.303 e. The van der Waals surface area contributed by atoms with Crippen LogP contribution in [0.2, 0.25) is 5.02 Å². The molecule has 0 atom stereocenters. The lowest BCUT2D eigenvalue weighted by Crippen LogP contribution is -2.48. The molecule has 2 aromatic rings. The van der Waals surface area contributed by atoms with E-state index in [1.165, 1.54) is 0 Å². The van der Waals surface area contributed by atoms with Gasteiger partial charge in [-0.3, -0.25) is 14.6 Å². The van der Waals surface area contributed by atoms with Gasteiger partial charge in [0.15, 0.2) is 0 Å². The Bertz CT molecular complexity index is 883. The van der Waals surface area contributed by atoms with Gasteiger partial charge in [-0.05, 0) is 68.4 Å². The van der Waals surface area contributed by atoms with Gasteiger partial charge in [0.25, 0.3) is 5.91 Å². The Hall–Kier alpha value is -2.44. The summed E-state index contributed by atoms with van der Waals surface area (Å²) in [4.78, 5) is 30.1. The van der Waals surface area contributed by atoms with Crippen molar-refractivity contribution in [3.8, 4) is 0 Å². The molecule has 3 rings (SSSR count). The van der Waals surface area contributed by atoms with Gasteiger partial charge >= 0.3 is 5.97 Å². The van der Waals surface area contributed by atoms with E-state index < -0.39 is 5.97 Å². The number of rotatable bonds is 9. The first-order valence-electron chi connectivity index (χ1n) is 10.8. The van der Waals surface area contributed by atoms with Crippen LogP contribution in [0.5, 0.6) is 0 Å². The molecule has 6 nitrogen and oxygen atoms in total. The minimum absolute atomic E-state index is 0.0450. The number of aliphatic carboxylic acids is 1. The van der Waals surface area contributed by atoms with Gasteiger partial charge in [0.1, 0.15) is 0 Å². The summed E-state index contributed by atoms with van der Waals surface area (Å²) in [6.45, 7) is 1.08. The van der Waals surface area contributed by atoms with Crippen molar-refractivity contribution in [1.29, 1.82) is 0 Å². The van der Waals surface area contributed by atoms with Crippen LogP contribution in [-0.4, -0.2) is 46.0 Å². The van der Waals surface area contributed by atoms with Crippen LogP contribution >= 0.6 is 11.6 Å². The van der Waals surface area contributed by atoms with E-state index in [1.807, 2.05) is 23.1 Å². The first-order valence-corrected chi connectivity index (χ1v) is 11.2. The zero-order valence-electron chi connectivity index (χ0n) is 17.7. The fraction of sp³-hybridized carbons (Fsp3) is 0.458. The van der Waals surface area contributed by atoms with Crippen LogP contribution in [0.15, 0.2) is 48.8 Å². The second-order valence-corrected chi connectivity index (χ2v) is 8.75. The largest absolute Gasteiger partial charge is 0.481 e. The molecule has 0 radical (unpaired) electrons. The zero-order chi connectivity index (χ0) is 22.3. The molecule has 31 heavy (non-hydrogen) atoms. The molecule has 1 amide bonds. The third kappa shape index (κ3) is 5.83. The highest BCUT2D eigenvalue weighted by Crippen LogP contribution is 2.41. The fourth-order valence-corrected chi connectivity index (χ4v) is 4.75. The summed E-state index contributed by atoms with van der Waals surface area (Å²) in [6, 6.07) is 11.5. The summed E-state index contributed by atoms with van der Waals surface area (Å²) in [7, 11) is 0. The number of carboxylic acid groups (broad SMARTS) is 1. The summed E-state index contributed by atoms with van der Waals surface area (Å²) in [5, 5.41) is 9.62. The van der Waals surface area contributed by atoms with E-state index in [1.54, 1.807) is 24.5 Å². The number of amides is 1. The number of carbonyl (C=O) groups excluding carboxylic acids is 1. The van der Waals surface area contributed by atoms with Crippen LogP contribution in [-0.2, 0) is 10.2 Å². The standard InChI is InChI=1S/C24H30ClN3O3/c25-20-7-3-6-19(15-20)24(17-26)11-9-21(10-12-24)28(14-2-1-8-22(29)30)23(31)18-5-4-13-27-16-18/h3-7,13,15-16,21H,1-2,8-12,14,17,26H2,(H,29,30). The van der Waals surface area contributed by atoms with Crippen molar-refractivity contribution < 1.29 is 14.7 Å². The topological polar surface area (TPSA) is 96.5 Å². The van der Waals surface area contributed by atoms with Gasteiger partial charge in [0, 0.05) is 48.4 Å². The van der Waals surface area contributed by atoms with Gasteiger partial charge < -0.3 is 15.7 Å². The van der Waals surface area contributed by atoms with E-state index in [0.29, 0.717) is 36.5 Å². The normalized spacial score (nSPS) is 20.9. The second kappa shape index (κ2) is 10.7. The van der Waals surface area contributed by atoms with Crippen LogP contribution in [0.25, 0.3) is 0 Å². The summed E-state index contributed by atoms with van der Waals surface area (Å²) < 4.78 is 0. The van der Waals surface area contributed by atoms with Gasteiger partial charge in [0.2, 0.25) is 0 Å². The van der Waals surface area contributed by atoms with Crippen molar-refractivity contribution in [1.82, 2.24) is 9.88 Å². The number of nitrogens with two attached hydrogens (primary N) is 1. The van der Waals surface area contributed by atoms with Crippen molar-refractivity contribution in [2.75, 3.05) is 13.1 Å². The molecule has 1 saturated carbocycles. The predicted octanol–water partition coefficient (Wildman–Crippen LogP) is 4.27. The lowest BCUT2D eigenvalue weighted by molar-refractivity contribution is -0.137. The first-order chi connectivity index (χ1) is 14.9. The monoisotopic (exact) mass is 443 g/mol. The van der Waals surface area contributed by atoms with Crippen LogP contribution in [0.1, 0.15) is 60.9 Å². The number of carboxylic acids is 1. The zero-order valence-corrected chi connectivity index (χ0v) is 18.4. The Morgan fingerprint density at radius 1 is 1.19 bits per heavy atom. The number of aromatic nitrogens is 1. The lowest BCUT2D eigenvalue weighted by atomic mass is 9.68. The number of pyridine rings is 1. The smallest absolute Gasteiger partial charge is 0.303 e. The molecule has 0 spiro atoms. The Labute approximate surface area is 188 Å². The van der Waals surface area contributed by atoms with E-state index in [9.17, 15) is 9.59 Å². The molecule has 1 aromatic heterocycles.